The molecule has 0 spiro atoms. The molecule has 3 rings (SSSR count). The number of nitro benzene ring substituents is 1. The predicted molar refractivity (Wildman–Crippen MR) is 116 cm³/mol. The number of aryl methyl sites for hydroxylation is 1. The highest BCUT2D eigenvalue weighted by Gasteiger charge is 2.18. The van der Waals surface area contributed by atoms with E-state index in [4.69, 9.17) is 9.56 Å². The number of nitrogens with one attached hydrogen (secondary N) is 1. The fourth-order valence-corrected chi connectivity index (χ4v) is 3.29. The van der Waals surface area contributed by atoms with Gasteiger partial charge in [-0.05, 0) is 55.0 Å². The molecule has 11 heteroatoms. The van der Waals surface area contributed by atoms with Gasteiger partial charge in [-0.25, -0.2) is 13.6 Å². The number of carbonyl (C=O) groups excluding carboxylic acids is 1. The number of anilines is 1. The minimum Gasteiger partial charge on any atom is -0.457 e. The van der Waals surface area contributed by atoms with Crippen molar-refractivity contribution in [3.05, 3.63) is 81.6 Å². The van der Waals surface area contributed by atoms with Crippen LogP contribution in [0.3, 0.4) is 0 Å². The van der Waals surface area contributed by atoms with Gasteiger partial charge in [-0.1, -0.05) is 6.07 Å². The number of rotatable bonds is 6. The molecule has 32 heavy (non-hydrogen) atoms. The van der Waals surface area contributed by atoms with Gasteiger partial charge in [0.25, 0.3) is 11.6 Å². The van der Waals surface area contributed by atoms with Crippen molar-refractivity contribution < 1.29 is 22.6 Å². The highest BCUT2D eigenvalue weighted by molar-refractivity contribution is 7.89. The number of amides is 1. The van der Waals surface area contributed by atoms with Crippen molar-refractivity contribution in [2.75, 3.05) is 5.32 Å². The third-order valence-electron chi connectivity index (χ3n) is 4.34. The Labute approximate surface area is 182 Å². The van der Waals surface area contributed by atoms with Gasteiger partial charge in [0.2, 0.25) is 10.0 Å². The number of hydrogen-bond donors (Lipinski definition) is 2. The minimum absolute atomic E-state index is 0.0400. The molecule has 0 atom stereocenters. The summed E-state index contributed by atoms with van der Waals surface area (Å²) in [6.45, 7) is 1.68. The molecular weight excluding hydrogens is 436 g/mol. The molecule has 3 aromatic rings. The zero-order chi connectivity index (χ0) is 23.5. The molecule has 1 amide bonds. The van der Waals surface area contributed by atoms with Crippen LogP contribution in [0.1, 0.15) is 11.3 Å². The molecule has 0 saturated carbocycles. The lowest BCUT2D eigenvalue weighted by molar-refractivity contribution is -0.384. The smallest absolute Gasteiger partial charge is 0.293 e. The first-order chi connectivity index (χ1) is 15.1. The Kier molecular flexibility index (Phi) is 6.20. The number of hydrogen-bond acceptors (Lipinski definition) is 7. The molecule has 0 fully saturated rings. The number of furan rings is 1. The van der Waals surface area contributed by atoms with Crippen LogP contribution in [0.5, 0.6) is 0 Å². The van der Waals surface area contributed by atoms with E-state index in [1.807, 2.05) is 0 Å². The van der Waals surface area contributed by atoms with Gasteiger partial charge in [-0.2, -0.15) is 5.26 Å². The van der Waals surface area contributed by atoms with Crippen LogP contribution in [-0.4, -0.2) is 19.2 Å². The zero-order valence-electron chi connectivity index (χ0n) is 16.6. The Bertz CT molecular complexity index is 1380. The lowest BCUT2D eigenvalue weighted by Crippen LogP contribution is -2.14. The minimum atomic E-state index is -3.82. The summed E-state index contributed by atoms with van der Waals surface area (Å²) in [5.41, 5.74) is 0.535. The first-order valence-electron chi connectivity index (χ1n) is 9.00. The number of nitrogens with zero attached hydrogens (tertiary/aromatic N) is 2. The van der Waals surface area contributed by atoms with Gasteiger partial charge in [-0.15, -0.1) is 0 Å². The molecule has 162 valence electrons. The maximum Gasteiger partial charge on any atom is 0.293 e. The second-order valence-electron chi connectivity index (χ2n) is 6.67. The van der Waals surface area contributed by atoms with Crippen molar-refractivity contribution in [3.8, 4) is 17.4 Å². The Balaban J connectivity index is 1.83. The lowest BCUT2D eigenvalue weighted by atomic mass is 10.1. The third-order valence-corrected chi connectivity index (χ3v) is 5.27. The highest BCUT2D eigenvalue weighted by Crippen LogP contribution is 2.27. The van der Waals surface area contributed by atoms with Crippen LogP contribution >= 0.6 is 0 Å². The molecule has 1 heterocycles. The Morgan fingerprint density at radius 2 is 1.88 bits per heavy atom. The van der Waals surface area contributed by atoms with Gasteiger partial charge < -0.3 is 9.73 Å². The van der Waals surface area contributed by atoms with E-state index in [0.717, 1.165) is 0 Å². The van der Waals surface area contributed by atoms with Crippen LogP contribution < -0.4 is 10.5 Å². The first kappa shape index (κ1) is 22.4. The average Bonchev–Trinajstić information content (AvgIpc) is 3.21. The summed E-state index contributed by atoms with van der Waals surface area (Å²) in [4.78, 5) is 23.0. The summed E-state index contributed by atoms with van der Waals surface area (Å²) in [7, 11) is -3.82. The standard InChI is InChI=1S/C21H16N4O6S/c1-13-2-8-18(19(10-13)25(27)28)24-21(26)15(12-22)11-16-5-9-20(31-16)14-3-6-17(7-4-14)32(23,29)30/h2-11H,1H3,(H,24,26)(H2,23,29,30)/b15-11+. The van der Waals surface area contributed by atoms with E-state index < -0.39 is 20.9 Å². The fourth-order valence-electron chi connectivity index (χ4n) is 2.77. The number of carbonyl (C=O) groups is 1. The largest absolute Gasteiger partial charge is 0.457 e. The monoisotopic (exact) mass is 452 g/mol. The van der Waals surface area contributed by atoms with Gasteiger partial charge in [0.05, 0.1) is 9.82 Å². The van der Waals surface area contributed by atoms with Crippen LogP contribution in [-0.2, 0) is 14.8 Å². The number of benzene rings is 2. The summed E-state index contributed by atoms with van der Waals surface area (Å²) >= 11 is 0. The summed E-state index contributed by atoms with van der Waals surface area (Å²) in [5.74, 6) is -0.292. The zero-order valence-corrected chi connectivity index (χ0v) is 17.4. The van der Waals surface area contributed by atoms with Crippen LogP contribution in [0, 0.1) is 28.4 Å². The van der Waals surface area contributed by atoms with Crippen molar-refractivity contribution in [2.24, 2.45) is 5.14 Å². The van der Waals surface area contributed by atoms with Crippen molar-refractivity contribution in [3.63, 3.8) is 0 Å². The average molecular weight is 452 g/mol. The first-order valence-corrected chi connectivity index (χ1v) is 10.5. The molecule has 0 aliphatic carbocycles. The molecule has 0 radical (unpaired) electrons. The van der Waals surface area contributed by atoms with Crippen molar-refractivity contribution >= 4 is 33.4 Å². The van der Waals surface area contributed by atoms with Crippen LogP contribution in [0.15, 0.2) is 69.5 Å². The van der Waals surface area contributed by atoms with Crippen molar-refractivity contribution in [1.29, 1.82) is 5.26 Å². The van der Waals surface area contributed by atoms with E-state index in [1.165, 1.54) is 48.5 Å². The van der Waals surface area contributed by atoms with Gasteiger partial charge in [0.1, 0.15) is 28.9 Å². The predicted octanol–water partition coefficient (Wildman–Crippen LogP) is 3.36. The second-order valence-corrected chi connectivity index (χ2v) is 8.23. The molecule has 0 saturated heterocycles. The number of nitrogens with two attached hydrogens (primary N) is 1. The topological polar surface area (TPSA) is 169 Å². The molecule has 0 unspecified atom stereocenters. The molecule has 2 aromatic carbocycles. The summed E-state index contributed by atoms with van der Waals surface area (Å²) in [5, 5.41) is 28.0. The quantitative estimate of drug-likeness (QED) is 0.250. The SMILES string of the molecule is Cc1ccc(NC(=O)/C(C#N)=C/c2ccc(-c3ccc(S(N)(=O)=O)cc3)o2)c([N+](=O)[O-])c1. The van der Waals surface area contributed by atoms with Gasteiger partial charge in [0, 0.05) is 17.7 Å². The number of nitriles is 1. The highest BCUT2D eigenvalue weighted by atomic mass is 32.2. The van der Waals surface area contributed by atoms with Crippen LogP contribution in [0.4, 0.5) is 11.4 Å². The maximum atomic E-state index is 12.5. The molecule has 0 bridgehead atoms. The number of nitro groups is 1. The Hall–Kier alpha value is -4.27. The van der Waals surface area contributed by atoms with E-state index in [1.54, 1.807) is 25.1 Å². The summed E-state index contributed by atoms with van der Waals surface area (Å²) in [6, 6.07) is 14.8. The van der Waals surface area contributed by atoms with E-state index in [-0.39, 0.29) is 27.6 Å². The van der Waals surface area contributed by atoms with Gasteiger partial charge in [-0.3, -0.25) is 14.9 Å². The third kappa shape index (κ3) is 5.07. The van der Waals surface area contributed by atoms with Crippen LogP contribution in [0.2, 0.25) is 0 Å². The molecule has 0 aliphatic heterocycles. The van der Waals surface area contributed by atoms with E-state index in [9.17, 15) is 28.6 Å². The van der Waals surface area contributed by atoms with Gasteiger partial charge in [0.15, 0.2) is 0 Å². The molecule has 3 N–H and O–H groups in total. The normalized spacial score (nSPS) is 11.6. The summed E-state index contributed by atoms with van der Waals surface area (Å²) < 4.78 is 28.3. The molecular formula is C21H16N4O6S. The number of sulfonamides is 1. The fraction of sp³-hybridized carbons (Fsp3) is 0.0476. The van der Waals surface area contributed by atoms with Crippen LogP contribution in [0.25, 0.3) is 17.4 Å². The van der Waals surface area contributed by atoms with Crippen molar-refractivity contribution in [1.82, 2.24) is 0 Å². The molecule has 0 aliphatic rings. The molecule has 10 nitrogen and oxygen atoms in total. The van der Waals surface area contributed by atoms with E-state index in [2.05, 4.69) is 5.32 Å². The summed E-state index contributed by atoms with van der Waals surface area (Å²) in [6.07, 6.45) is 1.19. The van der Waals surface area contributed by atoms with Crippen molar-refractivity contribution in [2.45, 2.75) is 11.8 Å². The Morgan fingerprint density at radius 1 is 1.19 bits per heavy atom. The van der Waals surface area contributed by atoms with E-state index in [0.29, 0.717) is 16.9 Å². The maximum absolute atomic E-state index is 12.5. The Morgan fingerprint density at radius 3 is 2.47 bits per heavy atom. The van der Waals surface area contributed by atoms with E-state index >= 15 is 0 Å². The molecule has 1 aromatic heterocycles. The lowest BCUT2D eigenvalue weighted by Gasteiger charge is -2.06. The second kappa shape index (κ2) is 8.84. The number of primary sulfonamides is 1. The van der Waals surface area contributed by atoms with Gasteiger partial charge >= 0.3 is 0 Å².